The van der Waals surface area contributed by atoms with E-state index < -0.39 is 0 Å². The molecule has 1 fully saturated rings. The number of nitrogens with two attached hydrogens (primary N) is 1. The normalized spacial score (nSPS) is 16.0. The first kappa shape index (κ1) is 15.2. The summed E-state index contributed by atoms with van der Waals surface area (Å²) in [6.45, 7) is 6.34. The van der Waals surface area contributed by atoms with Gasteiger partial charge in [-0.25, -0.2) is 4.98 Å². The summed E-state index contributed by atoms with van der Waals surface area (Å²) in [4.78, 5) is 22.1. The molecule has 24 heavy (non-hydrogen) atoms. The van der Waals surface area contributed by atoms with Crippen molar-refractivity contribution >= 4 is 21.9 Å². The van der Waals surface area contributed by atoms with Gasteiger partial charge in [0.15, 0.2) is 0 Å². The van der Waals surface area contributed by atoms with Crippen LogP contribution in [-0.2, 0) is 6.54 Å². The maximum atomic E-state index is 12.8. The monoisotopic (exact) mass is 329 g/mol. The zero-order valence-corrected chi connectivity index (χ0v) is 13.8. The summed E-state index contributed by atoms with van der Waals surface area (Å²) in [5, 5.41) is 3.30. The van der Waals surface area contributed by atoms with E-state index >= 15 is 0 Å². The predicted molar refractivity (Wildman–Crippen MR) is 91.6 cm³/mol. The number of H-pyrrole nitrogens is 1. The lowest BCUT2D eigenvalue weighted by Gasteiger charge is -2.22. The Labute approximate surface area is 139 Å². The first-order valence-electron chi connectivity index (χ1n) is 8.46. The van der Waals surface area contributed by atoms with Gasteiger partial charge in [0.05, 0.1) is 32.0 Å². The van der Waals surface area contributed by atoms with Crippen molar-refractivity contribution < 1.29 is 15.0 Å². The minimum absolute atomic E-state index is 0.00172. The summed E-state index contributed by atoms with van der Waals surface area (Å²) in [7, 11) is 1.63. The van der Waals surface area contributed by atoms with Crippen LogP contribution in [0.4, 0.5) is 0 Å². The highest BCUT2D eigenvalue weighted by Gasteiger charge is 2.16. The number of nitrogens with one attached hydrogen (secondary N) is 2. The second-order valence-electron chi connectivity index (χ2n) is 6.37. The van der Waals surface area contributed by atoms with Crippen LogP contribution >= 0.6 is 0 Å². The molecule has 0 bridgehead atoms. The zero-order chi connectivity index (χ0) is 16.5. The van der Waals surface area contributed by atoms with Gasteiger partial charge in [-0.15, -0.1) is 0 Å². The number of methoxy groups -OCH3 is 1. The van der Waals surface area contributed by atoms with Crippen LogP contribution in [0.15, 0.2) is 29.3 Å². The van der Waals surface area contributed by atoms with Crippen molar-refractivity contribution in [2.45, 2.75) is 6.54 Å². The predicted octanol–water partition coefficient (Wildman–Crippen LogP) is -1.65. The molecule has 3 heterocycles. The van der Waals surface area contributed by atoms with Crippen molar-refractivity contribution in [3.8, 4) is 5.75 Å². The van der Waals surface area contributed by atoms with Gasteiger partial charge in [0.2, 0.25) is 0 Å². The Bertz CT molecular complexity index is 924. The van der Waals surface area contributed by atoms with Crippen LogP contribution in [0.2, 0.25) is 0 Å². The lowest BCUT2D eigenvalue weighted by Crippen LogP contribution is -3.20. The third-order valence-corrected chi connectivity index (χ3v) is 4.89. The van der Waals surface area contributed by atoms with Crippen molar-refractivity contribution in [2.24, 2.45) is 0 Å². The quantitative estimate of drug-likeness (QED) is 0.536. The van der Waals surface area contributed by atoms with Crippen LogP contribution in [0.5, 0.6) is 5.75 Å². The van der Waals surface area contributed by atoms with Crippen LogP contribution in [0.3, 0.4) is 0 Å². The maximum Gasteiger partial charge on any atom is 0.277 e. The first-order chi connectivity index (χ1) is 11.8. The summed E-state index contributed by atoms with van der Waals surface area (Å²) in [5.74, 6) is 0.764. The SMILES string of the molecule is COc1ccc2c(c1)[nH]c1c(=O)n(CC[NH+]3CC[NH2+]CC3)cnc12. The fraction of sp³-hybridized carbons (Fsp3) is 0.412. The number of aromatic nitrogens is 3. The van der Waals surface area contributed by atoms with Crippen molar-refractivity contribution in [3.05, 3.63) is 34.9 Å². The van der Waals surface area contributed by atoms with Crippen molar-refractivity contribution in [1.29, 1.82) is 0 Å². The van der Waals surface area contributed by atoms with Crippen molar-refractivity contribution in [2.75, 3.05) is 39.8 Å². The number of aromatic amines is 1. The van der Waals surface area contributed by atoms with E-state index in [9.17, 15) is 4.79 Å². The molecule has 7 nitrogen and oxygen atoms in total. The van der Waals surface area contributed by atoms with Gasteiger partial charge in [-0.05, 0) is 12.1 Å². The summed E-state index contributed by atoms with van der Waals surface area (Å²) in [6, 6.07) is 5.73. The van der Waals surface area contributed by atoms with E-state index in [1.807, 2.05) is 18.2 Å². The standard InChI is InChI=1S/C17H21N5O2/c1-24-12-2-3-13-14(10-12)20-16-15(13)19-11-22(17(16)23)9-8-21-6-4-18-5-7-21/h2-3,10-11,18,20H,4-9H2,1H3/p+2. The molecule has 2 aromatic heterocycles. The lowest BCUT2D eigenvalue weighted by atomic mass is 10.2. The largest absolute Gasteiger partial charge is 0.497 e. The molecular formula is C17H23N5O2+2. The molecule has 3 aromatic rings. The van der Waals surface area contributed by atoms with E-state index in [1.54, 1.807) is 22.9 Å². The van der Waals surface area contributed by atoms with E-state index in [0.717, 1.165) is 41.8 Å². The van der Waals surface area contributed by atoms with Crippen LogP contribution in [0.25, 0.3) is 21.9 Å². The fourth-order valence-electron chi connectivity index (χ4n) is 3.47. The number of hydrogen-bond donors (Lipinski definition) is 3. The van der Waals surface area contributed by atoms with Gasteiger partial charge in [-0.3, -0.25) is 9.36 Å². The number of benzene rings is 1. The topological polar surface area (TPSA) is 81.0 Å². The molecule has 1 aliphatic heterocycles. The Kier molecular flexibility index (Phi) is 3.95. The minimum Gasteiger partial charge on any atom is -0.497 e. The molecule has 0 unspecified atom stereocenters. The summed E-state index contributed by atoms with van der Waals surface area (Å²) < 4.78 is 6.97. The number of nitrogens with zero attached hydrogens (tertiary/aromatic N) is 2. The molecule has 1 aromatic carbocycles. The fourth-order valence-corrected chi connectivity index (χ4v) is 3.47. The summed E-state index contributed by atoms with van der Waals surface area (Å²) in [5.41, 5.74) is 2.18. The van der Waals surface area contributed by atoms with E-state index in [1.165, 1.54) is 13.1 Å². The Morgan fingerprint density at radius 3 is 3.00 bits per heavy atom. The van der Waals surface area contributed by atoms with Gasteiger partial charge < -0.3 is 19.9 Å². The second kappa shape index (κ2) is 6.26. The van der Waals surface area contributed by atoms with Crippen LogP contribution < -0.4 is 20.5 Å². The smallest absolute Gasteiger partial charge is 0.277 e. The Morgan fingerprint density at radius 2 is 2.21 bits per heavy atom. The molecule has 4 N–H and O–H groups in total. The number of fused-ring (bicyclic) bond motifs is 3. The second-order valence-corrected chi connectivity index (χ2v) is 6.37. The molecular weight excluding hydrogens is 306 g/mol. The van der Waals surface area contributed by atoms with E-state index in [-0.39, 0.29) is 5.56 Å². The van der Waals surface area contributed by atoms with Crippen molar-refractivity contribution in [1.82, 2.24) is 14.5 Å². The molecule has 7 heteroatoms. The highest BCUT2D eigenvalue weighted by molar-refractivity contribution is 6.04. The highest BCUT2D eigenvalue weighted by Crippen LogP contribution is 2.25. The zero-order valence-electron chi connectivity index (χ0n) is 13.8. The Balaban J connectivity index is 1.66. The van der Waals surface area contributed by atoms with Crippen LogP contribution in [0.1, 0.15) is 0 Å². The van der Waals surface area contributed by atoms with Gasteiger partial charge in [0.25, 0.3) is 5.56 Å². The average Bonchev–Trinajstić information content (AvgIpc) is 3.00. The van der Waals surface area contributed by atoms with E-state index in [4.69, 9.17) is 4.74 Å². The first-order valence-corrected chi connectivity index (χ1v) is 8.46. The third-order valence-electron chi connectivity index (χ3n) is 4.89. The number of piperazine rings is 1. The maximum absolute atomic E-state index is 12.8. The summed E-state index contributed by atoms with van der Waals surface area (Å²) in [6.07, 6.45) is 1.68. The van der Waals surface area contributed by atoms with Gasteiger partial charge in [0, 0.05) is 11.5 Å². The van der Waals surface area contributed by atoms with Crippen LogP contribution in [0, 0.1) is 0 Å². The molecule has 4 rings (SSSR count). The van der Waals surface area contributed by atoms with Gasteiger partial charge in [-0.2, -0.15) is 0 Å². The van der Waals surface area contributed by atoms with Gasteiger partial charge in [-0.1, -0.05) is 0 Å². The number of ether oxygens (including phenoxy) is 1. The number of quaternary nitrogens is 2. The number of rotatable bonds is 4. The van der Waals surface area contributed by atoms with E-state index in [0.29, 0.717) is 12.1 Å². The minimum atomic E-state index is -0.00172. The molecule has 126 valence electrons. The third kappa shape index (κ3) is 2.65. The average molecular weight is 329 g/mol. The lowest BCUT2D eigenvalue weighted by molar-refractivity contribution is -0.947. The van der Waals surface area contributed by atoms with Crippen LogP contribution in [-0.4, -0.2) is 54.4 Å². The molecule has 0 saturated carbocycles. The molecule has 1 aliphatic rings. The molecule has 0 aliphatic carbocycles. The number of hydrogen-bond acceptors (Lipinski definition) is 3. The Hall–Kier alpha value is -2.38. The highest BCUT2D eigenvalue weighted by atomic mass is 16.5. The van der Waals surface area contributed by atoms with Gasteiger partial charge >= 0.3 is 0 Å². The van der Waals surface area contributed by atoms with Crippen molar-refractivity contribution in [3.63, 3.8) is 0 Å². The summed E-state index contributed by atoms with van der Waals surface area (Å²) >= 11 is 0. The molecule has 1 saturated heterocycles. The van der Waals surface area contributed by atoms with Gasteiger partial charge in [0.1, 0.15) is 43.0 Å². The molecule has 0 spiro atoms. The van der Waals surface area contributed by atoms with E-state index in [2.05, 4.69) is 15.3 Å². The Morgan fingerprint density at radius 1 is 1.38 bits per heavy atom. The molecule has 0 atom stereocenters. The molecule has 0 radical (unpaired) electrons. The molecule has 0 amide bonds.